The molecule has 3 nitrogen and oxygen atoms in total. The molecule has 24 heavy (non-hydrogen) atoms. The first-order valence-electron chi connectivity index (χ1n) is 6.97. The van der Waals surface area contributed by atoms with Gasteiger partial charge in [-0.05, 0) is 33.0 Å². The quantitative estimate of drug-likeness (QED) is 0.301. The van der Waals surface area contributed by atoms with Gasteiger partial charge in [-0.25, -0.2) is 0 Å². The second-order valence-corrected chi connectivity index (χ2v) is 7.16. The molecule has 0 radical (unpaired) electrons. The van der Waals surface area contributed by atoms with Gasteiger partial charge in [-0.1, -0.05) is 66.2 Å². The van der Waals surface area contributed by atoms with Crippen LogP contribution in [0.2, 0.25) is 5.02 Å². The zero-order valence-corrected chi connectivity index (χ0v) is 13.4. The standard InChI is InChI=1S/C18H11ClO3S.K.H/c19-17-10-9-15-14-6-5-11-3-1-2-4-12(11)13(14)7-8-16(15)18(17)23(20,21)22;;/h1-10H,(H,20,21,22);;. The predicted molar refractivity (Wildman–Crippen MR) is 101 cm³/mol. The molecule has 0 heterocycles. The molecule has 4 aromatic rings. The maximum atomic E-state index is 11.7. The first-order chi connectivity index (χ1) is 11.0. The van der Waals surface area contributed by atoms with Crippen molar-refractivity contribution in [1.82, 2.24) is 0 Å². The molecular formula is C18H12ClKO3S. The van der Waals surface area contributed by atoms with E-state index in [-0.39, 0.29) is 61.3 Å². The van der Waals surface area contributed by atoms with Gasteiger partial charge in [-0.15, -0.1) is 0 Å². The second-order valence-electron chi connectivity index (χ2n) is 5.39. The van der Waals surface area contributed by atoms with Crippen molar-refractivity contribution >= 4 is 105 Å². The maximum absolute atomic E-state index is 11.7. The van der Waals surface area contributed by atoms with E-state index >= 15 is 0 Å². The van der Waals surface area contributed by atoms with E-state index in [0.717, 1.165) is 26.9 Å². The van der Waals surface area contributed by atoms with Crippen LogP contribution in [0.1, 0.15) is 0 Å². The molecule has 0 spiro atoms. The Bertz CT molecular complexity index is 1200. The van der Waals surface area contributed by atoms with E-state index in [1.165, 1.54) is 6.07 Å². The van der Waals surface area contributed by atoms with Gasteiger partial charge in [0.05, 0.1) is 5.02 Å². The summed E-state index contributed by atoms with van der Waals surface area (Å²) in [6.45, 7) is 0. The van der Waals surface area contributed by atoms with Crippen molar-refractivity contribution in [2.75, 3.05) is 0 Å². The third kappa shape index (κ3) is 2.93. The van der Waals surface area contributed by atoms with Crippen LogP contribution in [-0.2, 0) is 10.1 Å². The molecule has 0 amide bonds. The molecular weight excluding hydrogens is 371 g/mol. The average molecular weight is 383 g/mol. The fourth-order valence-corrected chi connectivity index (χ4v) is 4.34. The van der Waals surface area contributed by atoms with Crippen molar-refractivity contribution in [1.29, 1.82) is 0 Å². The van der Waals surface area contributed by atoms with E-state index < -0.39 is 10.1 Å². The Kier molecular flexibility index (Phi) is 5.08. The van der Waals surface area contributed by atoms with E-state index in [1.54, 1.807) is 12.1 Å². The van der Waals surface area contributed by atoms with Crippen LogP contribution in [0.15, 0.2) is 65.6 Å². The molecule has 0 aliphatic carbocycles. The molecule has 0 atom stereocenters. The molecule has 0 aliphatic heterocycles. The van der Waals surface area contributed by atoms with E-state index in [0.29, 0.717) is 5.39 Å². The summed E-state index contributed by atoms with van der Waals surface area (Å²) in [7, 11) is -4.40. The van der Waals surface area contributed by atoms with Gasteiger partial charge in [-0.2, -0.15) is 8.42 Å². The molecule has 0 fully saturated rings. The van der Waals surface area contributed by atoms with Gasteiger partial charge in [-0.3, -0.25) is 4.55 Å². The summed E-state index contributed by atoms with van der Waals surface area (Å²) < 4.78 is 32.9. The molecule has 6 heteroatoms. The van der Waals surface area contributed by atoms with Gasteiger partial charge >= 0.3 is 51.4 Å². The Balaban J connectivity index is 0.00000169. The molecule has 0 unspecified atom stereocenters. The number of rotatable bonds is 1. The van der Waals surface area contributed by atoms with E-state index in [4.69, 9.17) is 11.6 Å². The van der Waals surface area contributed by atoms with Crippen LogP contribution in [0.25, 0.3) is 32.3 Å². The van der Waals surface area contributed by atoms with Gasteiger partial charge < -0.3 is 0 Å². The normalized spacial score (nSPS) is 11.8. The first-order valence-corrected chi connectivity index (χ1v) is 8.79. The Hall–Kier alpha value is -0.504. The van der Waals surface area contributed by atoms with E-state index in [1.807, 2.05) is 42.5 Å². The number of hydrogen-bond donors (Lipinski definition) is 1. The van der Waals surface area contributed by atoms with Crippen LogP contribution in [0.3, 0.4) is 0 Å². The Morgan fingerprint density at radius 3 is 2.00 bits per heavy atom. The zero-order chi connectivity index (χ0) is 16.2. The van der Waals surface area contributed by atoms with Crippen LogP contribution in [0.4, 0.5) is 0 Å². The van der Waals surface area contributed by atoms with Crippen LogP contribution >= 0.6 is 11.6 Å². The van der Waals surface area contributed by atoms with Crippen molar-refractivity contribution in [2.45, 2.75) is 4.90 Å². The molecule has 0 saturated heterocycles. The van der Waals surface area contributed by atoms with Crippen LogP contribution in [-0.4, -0.2) is 64.4 Å². The second kappa shape index (κ2) is 6.66. The summed E-state index contributed by atoms with van der Waals surface area (Å²) in [5.74, 6) is 0. The first kappa shape index (κ1) is 18.3. The number of halogens is 1. The van der Waals surface area contributed by atoms with Gasteiger partial charge in [0, 0.05) is 5.39 Å². The van der Waals surface area contributed by atoms with Gasteiger partial charge in [0.25, 0.3) is 10.1 Å². The van der Waals surface area contributed by atoms with Crippen molar-refractivity contribution < 1.29 is 13.0 Å². The van der Waals surface area contributed by atoms with Crippen molar-refractivity contribution in [3.05, 3.63) is 65.7 Å². The summed E-state index contributed by atoms with van der Waals surface area (Å²) >= 11 is 5.99. The zero-order valence-electron chi connectivity index (χ0n) is 11.8. The fraction of sp³-hybridized carbons (Fsp3) is 0. The molecule has 0 aliphatic rings. The topological polar surface area (TPSA) is 54.4 Å². The third-order valence-corrected chi connectivity index (χ3v) is 5.47. The molecule has 0 bridgehead atoms. The van der Waals surface area contributed by atoms with Crippen LogP contribution in [0, 0.1) is 0 Å². The van der Waals surface area contributed by atoms with Gasteiger partial charge in [0.15, 0.2) is 0 Å². The Morgan fingerprint density at radius 2 is 1.25 bits per heavy atom. The molecule has 4 rings (SSSR count). The molecule has 116 valence electrons. The minimum atomic E-state index is -4.40. The SMILES string of the molecule is O=S(=O)(O)c1c(Cl)ccc2c1ccc1c3ccccc3ccc21.[KH]. The monoisotopic (exact) mass is 382 g/mol. The summed E-state index contributed by atoms with van der Waals surface area (Å²) in [5, 5.41) is 5.33. The Morgan fingerprint density at radius 1 is 0.708 bits per heavy atom. The van der Waals surface area contributed by atoms with Crippen molar-refractivity contribution in [3.8, 4) is 0 Å². The van der Waals surface area contributed by atoms with Crippen LogP contribution in [0.5, 0.6) is 0 Å². The molecule has 0 saturated carbocycles. The van der Waals surface area contributed by atoms with E-state index in [9.17, 15) is 13.0 Å². The summed E-state index contributed by atoms with van der Waals surface area (Å²) in [6.07, 6.45) is 0. The van der Waals surface area contributed by atoms with E-state index in [2.05, 4.69) is 0 Å². The van der Waals surface area contributed by atoms with Gasteiger partial charge in [0.1, 0.15) is 4.90 Å². The summed E-state index contributed by atoms with van der Waals surface area (Å²) in [4.78, 5) is -0.244. The van der Waals surface area contributed by atoms with Gasteiger partial charge in [0.2, 0.25) is 0 Å². The molecule has 0 aromatic heterocycles. The Labute approximate surface area is 186 Å². The number of fused-ring (bicyclic) bond motifs is 5. The number of benzene rings is 4. The predicted octanol–water partition coefficient (Wildman–Crippen LogP) is 4.40. The van der Waals surface area contributed by atoms with Crippen molar-refractivity contribution in [3.63, 3.8) is 0 Å². The average Bonchev–Trinajstić information content (AvgIpc) is 2.52. The third-order valence-electron chi connectivity index (χ3n) is 4.08. The van der Waals surface area contributed by atoms with Crippen molar-refractivity contribution in [2.24, 2.45) is 0 Å². The molecule has 1 N–H and O–H groups in total. The van der Waals surface area contributed by atoms with Crippen LogP contribution < -0.4 is 0 Å². The fourth-order valence-electron chi connectivity index (χ4n) is 3.11. The summed E-state index contributed by atoms with van der Waals surface area (Å²) in [5.41, 5.74) is 0. The molecule has 4 aromatic carbocycles. The minimum absolute atomic E-state index is 0. The summed E-state index contributed by atoms with van der Waals surface area (Å²) in [6, 6.07) is 18.8. The number of hydrogen-bond acceptors (Lipinski definition) is 2.